The fourth-order valence-corrected chi connectivity index (χ4v) is 2.19. The van der Waals surface area contributed by atoms with Gasteiger partial charge in [0.2, 0.25) is 0 Å². The zero-order chi connectivity index (χ0) is 16.1. The summed E-state index contributed by atoms with van der Waals surface area (Å²) >= 11 is 3.30. The molecule has 0 saturated carbocycles. The van der Waals surface area contributed by atoms with E-state index in [4.69, 9.17) is 0 Å². The SMILES string of the molecule is O=C(N[C@@H](Cc1ccc(Br)cc1)C(=O)O)c1cccc(F)c1. The summed E-state index contributed by atoms with van der Waals surface area (Å²) in [6, 6.07) is 11.2. The lowest BCUT2D eigenvalue weighted by Gasteiger charge is -2.15. The van der Waals surface area contributed by atoms with E-state index in [1.165, 1.54) is 18.2 Å². The third-order valence-corrected chi connectivity index (χ3v) is 3.57. The minimum Gasteiger partial charge on any atom is -0.480 e. The Morgan fingerprint density at radius 3 is 2.45 bits per heavy atom. The summed E-state index contributed by atoms with van der Waals surface area (Å²) in [6.07, 6.45) is 0.143. The Morgan fingerprint density at radius 1 is 1.18 bits per heavy atom. The predicted octanol–water partition coefficient (Wildman–Crippen LogP) is 3.01. The molecule has 0 aromatic heterocycles. The Labute approximate surface area is 135 Å². The second kappa shape index (κ2) is 7.17. The molecule has 4 nitrogen and oxygen atoms in total. The highest BCUT2D eigenvalue weighted by Gasteiger charge is 2.21. The lowest BCUT2D eigenvalue weighted by molar-refractivity contribution is -0.139. The molecule has 0 aliphatic rings. The first-order valence-corrected chi connectivity index (χ1v) is 7.28. The van der Waals surface area contributed by atoms with Gasteiger partial charge in [-0.15, -0.1) is 0 Å². The van der Waals surface area contributed by atoms with Crippen LogP contribution >= 0.6 is 15.9 Å². The van der Waals surface area contributed by atoms with Gasteiger partial charge in [0.15, 0.2) is 0 Å². The van der Waals surface area contributed by atoms with E-state index in [1.807, 2.05) is 0 Å². The van der Waals surface area contributed by atoms with E-state index in [9.17, 15) is 19.1 Å². The van der Waals surface area contributed by atoms with Crippen molar-refractivity contribution in [3.05, 3.63) is 69.9 Å². The zero-order valence-electron chi connectivity index (χ0n) is 11.4. The van der Waals surface area contributed by atoms with Crippen molar-refractivity contribution in [2.24, 2.45) is 0 Å². The first kappa shape index (κ1) is 16.2. The minimum absolute atomic E-state index is 0.0852. The number of halogens is 2. The van der Waals surface area contributed by atoms with Gasteiger partial charge >= 0.3 is 5.97 Å². The number of carbonyl (C=O) groups excluding carboxylic acids is 1. The zero-order valence-corrected chi connectivity index (χ0v) is 13.0. The van der Waals surface area contributed by atoms with Crippen molar-refractivity contribution < 1.29 is 19.1 Å². The molecular weight excluding hydrogens is 353 g/mol. The Morgan fingerprint density at radius 2 is 1.86 bits per heavy atom. The molecule has 1 amide bonds. The number of carboxylic acids is 1. The van der Waals surface area contributed by atoms with Gasteiger partial charge in [-0.1, -0.05) is 34.1 Å². The molecule has 0 unspecified atom stereocenters. The quantitative estimate of drug-likeness (QED) is 0.855. The number of aliphatic carboxylic acids is 1. The van der Waals surface area contributed by atoms with E-state index in [2.05, 4.69) is 21.2 Å². The van der Waals surface area contributed by atoms with Crippen molar-refractivity contribution in [2.45, 2.75) is 12.5 Å². The molecule has 2 rings (SSSR count). The summed E-state index contributed by atoms with van der Waals surface area (Å²) < 4.78 is 14.0. The number of amides is 1. The highest BCUT2D eigenvalue weighted by molar-refractivity contribution is 9.10. The van der Waals surface area contributed by atoms with Gasteiger partial charge in [0.1, 0.15) is 11.9 Å². The van der Waals surface area contributed by atoms with Crippen molar-refractivity contribution in [1.82, 2.24) is 5.32 Å². The Balaban J connectivity index is 2.10. The number of carboxylic acid groups (broad SMARTS) is 1. The summed E-state index contributed by atoms with van der Waals surface area (Å²) in [5.74, 6) is -2.32. The molecular formula is C16H13BrFNO3. The van der Waals surface area contributed by atoms with Gasteiger partial charge in [-0.3, -0.25) is 4.79 Å². The van der Waals surface area contributed by atoms with Crippen LogP contribution in [-0.2, 0) is 11.2 Å². The third-order valence-electron chi connectivity index (χ3n) is 3.04. The van der Waals surface area contributed by atoms with Crippen LogP contribution in [-0.4, -0.2) is 23.0 Å². The lowest BCUT2D eigenvalue weighted by atomic mass is 10.1. The summed E-state index contributed by atoms with van der Waals surface area (Å²) in [7, 11) is 0. The summed E-state index contributed by atoms with van der Waals surface area (Å²) in [5, 5.41) is 11.6. The molecule has 1 atom stereocenters. The normalized spacial score (nSPS) is 11.7. The maximum absolute atomic E-state index is 13.1. The van der Waals surface area contributed by atoms with E-state index in [0.29, 0.717) is 0 Å². The van der Waals surface area contributed by atoms with Gasteiger partial charge < -0.3 is 10.4 Å². The fourth-order valence-electron chi connectivity index (χ4n) is 1.93. The van der Waals surface area contributed by atoms with Crippen LogP contribution in [0.5, 0.6) is 0 Å². The van der Waals surface area contributed by atoms with Crippen LogP contribution < -0.4 is 5.32 Å². The predicted molar refractivity (Wildman–Crippen MR) is 83.1 cm³/mol. The fraction of sp³-hybridized carbons (Fsp3) is 0.125. The van der Waals surface area contributed by atoms with E-state index in [0.717, 1.165) is 16.1 Å². The average molecular weight is 366 g/mol. The van der Waals surface area contributed by atoms with Gasteiger partial charge in [-0.2, -0.15) is 0 Å². The smallest absolute Gasteiger partial charge is 0.326 e. The number of carbonyl (C=O) groups is 2. The van der Waals surface area contributed by atoms with Crippen molar-refractivity contribution >= 4 is 27.8 Å². The summed E-state index contributed by atoms with van der Waals surface area (Å²) in [4.78, 5) is 23.3. The van der Waals surface area contributed by atoms with Gasteiger partial charge in [0.25, 0.3) is 5.91 Å². The molecule has 2 N–H and O–H groups in total. The lowest BCUT2D eigenvalue weighted by Crippen LogP contribution is -2.42. The Bertz CT molecular complexity index is 688. The van der Waals surface area contributed by atoms with Crippen molar-refractivity contribution in [3.63, 3.8) is 0 Å². The van der Waals surface area contributed by atoms with E-state index < -0.39 is 23.7 Å². The number of hydrogen-bond donors (Lipinski definition) is 2. The molecule has 22 heavy (non-hydrogen) atoms. The molecule has 0 fully saturated rings. The molecule has 114 valence electrons. The molecule has 0 spiro atoms. The first-order chi connectivity index (χ1) is 10.5. The number of hydrogen-bond acceptors (Lipinski definition) is 2. The molecule has 0 saturated heterocycles. The van der Waals surface area contributed by atoms with E-state index >= 15 is 0 Å². The molecule has 2 aromatic rings. The van der Waals surface area contributed by atoms with Crippen LogP contribution in [0.4, 0.5) is 4.39 Å². The van der Waals surface area contributed by atoms with E-state index in [-0.39, 0.29) is 12.0 Å². The molecule has 0 aliphatic carbocycles. The maximum Gasteiger partial charge on any atom is 0.326 e. The van der Waals surface area contributed by atoms with Gasteiger partial charge in [0, 0.05) is 16.5 Å². The van der Waals surface area contributed by atoms with E-state index in [1.54, 1.807) is 24.3 Å². The monoisotopic (exact) mass is 365 g/mol. The summed E-state index contributed by atoms with van der Waals surface area (Å²) in [5.41, 5.74) is 0.859. The van der Waals surface area contributed by atoms with Gasteiger partial charge in [0.05, 0.1) is 0 Å². The van der Waals surface area contributed by atoms with Crippen LogP contribution in [0.1, 0.15) is 15.9 Å². The van der Waals surface area contributed by atoms with Crippen molar-refractivity contribution in [3.8, 4) is 0 Å². The van der Waals surface area contributed by atoms with Crippen LogP contribution in [0, 0.1) is 5.82 Å². The molecule has 0 bridgehead atoms. The highest BCUT2D eigenvalue weighted by Crippen LogP contribution is 2.12. The van der Waals surface area contributed by atoms with Crippen LogP contribution in [0.2, 0.25) is 0 Å². The van der Waals surface area contributed by atoms with Crippen LogP contribution in [0.25, 0.3) is 0 Å². The Kier molecular flexibility index (Phi) is 5.27. The second-order valence-electron chi connectivity index (χ2n) is 4.71. The number of benzene rings is 2. The van der Waals surface area contributed by atoms with Gasteiger partial charge in [-0.25, -0.2) is 9.18 Å². The Hall–Kier alpha value is -2.21. The molecule has 2 aromatic carbocycles. The molecule has 0 radical (unpaired) electrons. The number of nitrogens with one attached hydrogen (secondary N) is 1. The van der Waals surface area contributed by atoms with Crippen LogP contribution in [0.15, 0.2) is 53.0 Å². The van der Waals surface area contributed by atoms with Gasteiger partial charge in [-0.05, 0) is 35.9 Å². The standard InChI is InChI=1S/C16H13BrFNO3/c17-12-6-4-10(5-7-12)8-14(16(21)22)19-15(20)11-2-1-3-13(18)9-11/h1-7,9,14H,8H2,(H,19,20)(H,21,22)/t14-/m0/s1. The highest BCUT2D eigenvalue weighted by atomic mass is 79.9. The second-order valence-corrected chi connectivity index (χ2v) is 5.62. The molecule has 0 heterocycles. The van der Waals surface area contributed by atoms with Crippen molar-refractivity contribution in [2.75, 3.05) is 0 Å². The maximum atomic E-state index is 13.1. The third kappa shape index (κ3) is 4.39. The topological polar surface area (TPSA) is 66.4 Å². The number of rotatable bonds is 5. The summed E-state index contributed by atoms with van der Waals surface area (Å²) in [6.45, 7) is 0. The molecule has 6 heteroatoms. The minimum atomic E-state index is -1.15. The van der Waals surface area contributed by atoms with Crippen molar-refractivity contribution in [1.29, 1.82) is 0 Å². The average Bonchev–Trinajstić information content (AvgIpc) is 2.48. The largest absolute Gasteiger partial charge is 0.480 e. The van der Waals surface area contributed by atoms with Crippen LogP contribution in [0.3, 0.4) is 0 Å². The molecule has 0 aliphatic heterocycles. The first-order valence-electron chi connectivity index (χ1n) is 6.49.